The molecule has 2 aromatic carbocycles. The van der Waals surface area contributed by atoms with Gasteiger partial charge in [0, 0.05) is 17.8 Å². The van der Waals surface area contributed by atoms with Crippen molar-refractivity contribution in [3.63, 3.8) is 0 Å². The molecule has 0 aliphatic rings. The Labute approximate surface area is 227 Å². The Morgan fingerprint density at radius 1 is 0.971 bits per heavy atom. The van der Waals surface area contributed by atoms with Crippen molar-refractivity contribution in [3.8, 4) is 0 Å². The van der Waals surface area contributed by atoms with Crippen molar-refractivity contribution in [1.29, 1.82) is 0 Å². The lowest BCUT2D eigenvalue weighted by atomic mass is 10.0. The number of hydrogen-bond donors (Lipinski definition) is 2. The van der Waals surface area contributed by atoms with E-state index in [-0.39, 0.29) is 23.5 Å². The van der Waals surface area contributed by atoms with E-state index in [1.165, 1.54) is 17.8 Å². The van der Waals surface area contributed by atoms with Gasteiger partial charge in [-0.3, -0.25) is 9.59 Å². The van der Waals surface area contributed by atoms with Crippen LogP contribution in [0.5, 0.6) is 0 Å². The van der Waals surface area contributed by atoms with E-state index in [0.29, 0.717) is 48.9 Å². The molecule has 3 rings (SSSR count). The van der Waals surface area contributed by atoms with Crippen molar-refractivity contribution in [2.75, 3.05) is 11.1 Å². The van der Waals surface area contributed by atoms with E-state index in [9.17, 15) is 9.59 Å². The Kier molecular flexibility index (Phi) is 9.72. The van der Waals surface area contributed by atoms with Crippen LogP contribution in [-0.2, 0) is 11.3 Å². The molecule has 0 radical (unpaired) electrons. The maximum Gasteiger partial charge on any atom is 0.251 e. The molecular weight excluding hydrogens is 552 g/mol. The summed E-state index contributed by atoms with van der Waals surface area (Å²) in [6.45, 7) is 6.47. The zero-order valence-electron chi connectivity index (χ0n) is 19.1. The zero-order valence-corrected chi connectivity index (χ0v) is 23.0. The van der Waals surface area contributed by atoms with E-state index < -0.39 is 6.04 Å². The molecule has 2 amide bonds. The number of nitrogens with one attached hydrogen (secondary N) is 2. The highest BCUT2D eigenvalue weighted by Crippen LogP contribution is 2.28. The van der Waals surface area contributed by atoms with Crippen molar-refractivity contribution < 1.29 is 9.59 Å². The highest BCUT2D eigenvalue weighted by atomic mass is 35.5. The summed E-state index contributed by atoms with van der Waals surface area (Å²) in [5.74, 6) is 0.202. The van der Waals surface area contributed by atoms with Crippen molar-refractivity contribution in [1.82, 2.24) is 20.1 Å². The number of thioether (sulfide) groups is 1. The van der Waals surface area contributed by atoms with E-state index in [1.54, 1.807) is 30.3 Å². The van der Waals surface area contributed by atoms with E-state index in [1.807, 2.05) is 25.3 Å². The number of rotatable bonds is 9. The normalized spacial score (nSPS) is 12.0. The standard InChI is InChI=1S/C23H23Cl4N5O2S/c1-4-32-21(20(12(2)3)29-22(34)13-5-7-15(24)17(26)9-13)30-31-23(32)35-11-19(33)28-14-6-8-16(25)18(27)10-14/h5-10,12,20H,4,11H2,1-3H3,(H,28,33)(H,29,34)/t20-/m1/s1. The summed E-state index contributed by atoms with van der Waals surface area (Å²) in [6, 6.07) is 9.17. The average molecular weight is 575 g/mol. The van der Waals surface area contributed by atoms with Crippen LogP contribution in [0.4, 0.5) is 5.69 Å². The third-order valence-electron chi connectivity index (χ3n) is 5.01. The molecule has 2 N–H and O–H groups in total. The summed E-state index contributed by atoms with van der Waals surface area (Å²) in [5, 5.41) is 16.4. The third-order valence-corrected chi connectivity index (χ3v) is 7.46. The van der Waals surface area contributed by atoms with Crippen LogP contribution in [0.2, 0.25) is 20.1 Å². The predicted octanol–water partition coefficient (Wildman–Crippen LogP) is 6.77. The minimum absolute atomic E-state index is 0.0204. The number of carbonyl (C=O) groups excluding carboxylic acids is 2. The van der Waals surface area contributed by atoms with Crippen LogP contribution >= 0.6 is 58.2 Å². The second-order valence-electron chi connectivity index (χ2n) is 7.87. The number of carbonyl (C=O) groups is 2. The quantitative estimate of drug-likeness (QED) is 0.275. The van der Waals surface area contributed by atoms with Crippen LogP contribution in [0.25, 0.3) is 0 Å². The summed E-state index contributed by atoms with van der Waals surface area (Å²) < 4.78 is 1.89. The molecule has 0 bridgehead atoms. The smallest absolute Gasteiger partial charge is 0.251 e. The van der Waals surface area contributed by atoms with Gasteiger partial charge in [-0.05, 0) is 49.2 Å². The molecule has 0 unspecified atom stereocenters. The molecule has 0 fully saturated rings. The van der Waals surface area contributed by atoms with Gasteiger partial charge in [0.2, 0.25) is 5.91 Å². The van der Waals surface area contributed by atoms with Crippen LogP contribution in [0, 0.1) is 5.92 Å². The molecule has 35 heavy (non-hydrogen) atoms. The Hall–Kier alpha value is -1.97. The molecule has 0 aliphatic carbocycles. The van der Waals surface area contributed by atoms with Crippen molar-refractivity contribution in [3.05, 3.63) is 67.9 Å². The van der Waals surface area contributed by atoms with E-state index in [4.69, 9.17) is 46.4 Å². The number of amides is 2. The van der Waals surface area contributed by atoms with Crippen LogP contribution in [0.1, 0.15) is 43.0 Å². The van der Waals surface area contributed by atoms with Gasteiger partial charge in [0.25, 0.3) is 5.91 Å². The highest BCUT2D eigenvalue weighted by Gasteiger charge is 2.26. The Bertz CT molecular complexity index is 1230. The van der Waals surface area contributed by atoms with Crippen molar-refractivity contribution in [2.24, 2.45) is 5.92 Å². The van der Waals surface area contributed by atoms with Crippen molar-refractivity contribution in [2.45, 2.75) is 38.5 Å². The number of hydrogen-bond acceptors (Lipinski definition) is 5. The monoisotopic (exact) mass is 573 g/mol. The predicted molar refractivity (Wildman–Crippen MR) is 143 cm³/mol. The number of halogens is 4. The summed E-state index contributed by atoms with van der Waals surface area (Å²) in [6.07, 6.45) is 0. The second kappa shape index (κ2) is 12.3. The topological polar surface area (TPSA) is 88.9 Å². The van der Waals surface area contributed by atoms with Gasteiger partial charge in [0.15, 0.2) is 11.0 Å². The lowest BCUT2D eigenvalue weighted by Crippen LogP contribution is -2.33. The first-order valence-corrected chi connectivity index (χ1v) is 13.2. The van der Waals surface area contributed by atoms with Gasteiger partial charge >= 0.3 is 0 Å². The van der Waals surface area contributed by atoms with Crippen LogP contribution in [0.3, 0.4) is 0 Å². The molecule has 12 heteroatoms. The first kappa shape index (κ1) is 27.6. The molecular formula is C23H23Cl4N5O2S. The molecule has 1 heterocycles. The first-order valence-electron chi connectivity index (χ1n) is 10.7. The number of nitrogens with zero attached hydrogens (tertiary/aromatic N) is 3. The summed E-state index contributed by atoms with van der Waals surface area (Å²) >= 11 is 25.2. The zero-order chi connectivity index (χ0) is 25.7. The van der Waals surface area contributed by atoms with Gasteiger partial charge in [-0.15, -0.1) is 10.2 Å². The second-order valence-corrected chi connectivity index (χ2v) is 10.4. The highest BCUT2D eigenvalue weighted by molar-refractivity contribution is 7.99. The fourth-order valence-corrected chi connectivity index (χ4v) is 4.63. The van der Waals surface area contributed by atoms with Gasteiger partial charge < -0.3 is 15.2 Å². The number of aromatic nitrogens is 3. The van der Waals surface area contributed by atoms with E-state index >= 15 is 0 Å². The van der Waals surface area contributed by atoms with E-state index in [2.05, 4.69) is 20.8 Å². The lowest BCUT2D eigenvalue weighted by Gasteiger charge is -2.22. The maximum absolute atomic E-state index is 12.9. The SMILES string of the molecule is CCn1c(SCC(=O)Nc2ccc(Cl)c(Cl)c2)nnc1[C@H](NC(=O)c1ccc(Cl)c(Cl)c1)C(C)C. The van der Waals surface area contributed by atoms with Gasteiger partial charge in [0.05, 0.1) is 31.9 Å². The first-order chi connectivity index (χ1) is 16.6. The lowest BCUT2D eigenvalue weighted by molar-refractivity contribution is -0.113. The minimum Gasteiger partial charge on any atom is -0.342 e. The molecule has 0 aliphatic heterocycles. The fourth-order valence-electron chi connectivity index (χ4n) is 3.23. The molecule has 0 saturated carbocycles. The average Bonchev–Trinajstić information content (AvgIpc) is 3.22. The number of anilines is 1. The Balaban J connectivity index is 1.72. The van der Waals surface area contributed by atoms with Gasteiger partial charge in [-0.1, -0.05) is 72.0 Å². The molecule has 186 valence electrons. The third kappa shape index (κ3) is 7.05. The van der Waals surface area contributed by atoms with Crippen LogP contribution in [0.15, 0.2) is 41.6 Å². The van der Waals surface area contributed by atoms with Gasteiger partial charge in [0.1, 0.15) is 0 Å². The summed E-state index contributed by atoms with van der Waals surface area (Å²) in [5.41, 5.74) is 0.939. The molecule has 0 spiro atoms. The van der Waals surface area contributed by atoms with Crippen molar-refractivity contribution >= 4 is 75.7 Å². The largest absolute Gasteiger partial charge is 0.342 e. The minimum atomic E-state index is -0.413. The molecule has 3 aromatic rings. The molecule has 0 saturated heterocycles. The summed E-state index contributed by atoms with van der Waals surface area (Å²) in [4.78, 5) is 25.3. The summed E-state index contributed by atoms with van der Waals surface area (Å²) in [7, 11) is 0. The fraction of sp³-hybridized carbons (Fsp3) is 0.304. The van der Waals surface area contributed by atoms with Crippen LogP contribution in [-0.4, -0.2) is 32.3 Å². The van der Waals surface area contributed by atoms with Crippen LogP contribution < -0.4 is 10.6 Å². The maximum atomic E-state index is 12.9. The Morgan fingerprint density at radius 2 is 1.63 bits per heavy atom. The molecule has 7 nitrogen and oxygen atoms in total. The van der Waals surface area contributed by atoms with E-state index in [0.717, 1.165) is 0 Å². The molecule has 1 atom stereocenters. The molecule has 1 aromatic heterocycles. The van der Waals surface area contributed by atoms with Gasteiger partial charge in [-0.2, -0.15) is 0 Å². The number of benzene rings is 2. The van der Waals surface area contributed by atoms with Gasteiger partial charge in [-0.25, -0.2) is 0 Å². The Morgan fingerprint density at radius 3 is 2.23 bits per heavy atom.